The lowest BCUT2D eigenvalue weighted by atomic mass is 10.1. The van der Waals surface area contributed by atoms with Crippen molar-refractivity contribution in [3.63, 3.8) is 0 Å². The molecule has 2 aromatic rings. The smallest absolute Gasteiger partial charge is 0.294 e. The van der Waals surface area contributed by atoms with Gasteiger partial charge in [-0.25, -0.2) is 0 Å². The number of hydrogen-bond donors (Lipinski definition) is 2. The summed E-state index contributed by atoms with van der Waals surface area (Å²) in [5, 5.41) is 11.8. The second-order valence-corrected chi connectivity index (χ2v) is 7.48. The van der Waals surface area contributed by atoms with Crippen molar-refractivity contribution in [3.8, 4) is 5.75 Å². The van der Waals surface area contributed by atoms with Crippen molar-refractivity contribution < 1.29 is 19.5 Å². The van der Waals surface area contributed by atoms with Gasteiger partial charge in [-0.2, -0.15) is 0 Å². The van der Waals surface area contributed by atoms with E-state index in [2.05, 4.69) is 5.32 Å². The minimum atomic E-state index is -0.546. The summed E-state index contributed by atoms with van der Waals surface area (Å²) in [6, 6.07) is 11.8. The van der Waals surface area contributed by atoms with Crippen molar-refractivity contribution >= 4 is 52.2 Å². The molecule has 2 N–H and O–H groups in total. The fourth-order valence-electron chi connectivity index (χ4n) is 2.57. The van der Waals surface area contributed by atoms with Crippen molar-refractivity contribution in [1.82, 2.24) is 4.90 Å². The number of phenolic OH excluding ortho intramolecular Hbond substituents is 1. The molecule has 28 heavy (non-hydrogen) atoms. The summed E-state index contributed by atoms with van der Waals surface area (Å²) in [5.74, 6) is -1.08. The number of anilines is 1. The number of carbonyl (C=O) groups is 3. The number of rotatable bonds is 5. The number of benzene rings is 2. The number of imide groups is 1. The third-order valence-corrected chi connectivity index (χ3v) is 5.30. The molecule has 144 valence electrons. The first-order chi connectivity index (χ1) is 13.4. The van der Waals surface area contributed by atoms with Crippen LogP contribution >= 0.6 is 23.4 Å². The summed E-state index contributed by atoms with van der Waals surface area (Å²) in [4.78, 5) is 38.0. The predicted octanol–water partition coefficient (Wildman–Crippen LogP) is 4.28. The highest BCUT2D eigenvalue weighted by atomic mass is 35.5. The van der Waals surface area contributed by atoms with Crippen LogP contribution in [-0.2, 0) is 16.0 Å². The normalized spacial score (nSPS) is 15.4. The van der Waals surface area contributed by atoms with Gasteiger partial charge in [0.1, 0.15) is 12.3 Å². The summed E-state index contributed by atoms with van der Waals surface area (Å²) >= 11 is 6.61. The second kappa shape index (κ2) is 8.50. The average molecular weight is 417 g/mol. The van der Waals surface area contributed by atoms with Crippen LogP contribution in [0.25, 0.3) is 6.08 Å². The second-order valence-electron chi connectivity index (χ2n) is 6.08. The van der Waals surface area contributed by atoms with Crippen LogP contribution in [0.15, 0.2) is 47.4 Å². The maximum absolute atomic E-state index is 12.5. The first-order valence-corrected chi connectivity index (χ1v) is 9.69. The Hall–Kier alpha value is -2.77. The number of carbonyl (C=O) groups excluding carboxylic acids is 3. The van der Waals surface area contributed by atoms with Crippen LogP contribution in [0, 0.1) is 0 Å². The van der Waals surface area contributed by atoms with E-state index in [0.29, 0.717) is 11.3 Å². The molecule has 1 fully saturated rings. The van der Waals surface area contributed by atoms with E-state index in [9.17, 15) is 19.5 Å². The van der Waals surface area contributed by atoms with Crippen molar-refractivity contribution in [1.29, 1.82) is 0 Å². The predicted molar refractivity (Wildman–Crippen MR) is 110 cm³/mol. The Morgan fingerprint density at radius 1 is 1.21 bits per heavy atom. The van der Waals surface area contributed by atoms with E-state index in [0.717, 1.165) is 28.6 Å². The van der Waals surface area contributed by atoms with Crippen LogP contribution in [0.3, 0.4) is 0 Å². The van der Waals surface area contributed by atoms with Crippen LogP contribution in [0.4, 0.5) is 10.5 Å². The van der Waals surface area contributed by atoms with Crippen LogP contribution < -0.4 is 5.32 Å². The van der Waals surface area contributed by atoms with E-state index in [1.807, 2.05) is 19.1 Å². The summed E-state index contributed by atoms with van der Waals surface area (Å²) < 4.78 is 0. The van der Waals surface area contributed by atoms with Crippen LogP contribution in [0.2, 0.25) is 5.02 Å². The van der Waals surface area contributed by atoms with Gasteiger partial charge in [0, 0.05) is 5.69 Å². The molecule has 1 aliphatic heterocycles. The largest absolute Gasteiger partial charge is 0.506 e. The number of nitrogens with one attached hydrogen (secondary N) is 1. The lowest BCUT2D eigenvalue weighted by molar-refractivity contribution is -0.127. The maximum Gasteiger partial charge on any atom is 0.294 e. The highest BCUT2D eigenvalue weighted by molar-refractivity contribution is 8.18. The molecule has 2 aromatic carbocycles. The van der Waals surface area contributed by atoms with Gasteiger partial charge in [0.2, 0.25) is 5.91 Å². The molecule has 0 spiro atoms. The molecule has 1 aliphatic rings. The molecule has 0 unspecified atom stereocenters. The summed E-state index contributed by atoms with van der Waals surface area (Å²) in [6.07, 6.45) is 2.39. The van der Waals surface area contributed by atoms with Crippen LogP contribution in [0.1, 0.15) is 18.1 Å². The van der Waals surface area contributed by atoms with E-state index in [-0.39, 0.29) is 22.2 Å². The van der Waals surface area contributed by atoms with Gasteiger partial charge >= 0.3 is 0 Å². The molecular weight excluding hydrogens is 400 g/mol. The molecule has 0 saturated carbocycles. The molecule has 0 aliphatic carbocycles. The SMILES string of the molecule is CCc1ccc(NC(=O)CN2C(=O)S/C(=C/c3ccc(O)c(Cl)c3)C2=O)cc1. The monoisotopic (exact) mass is 416 g/mol. The third kappa shape index (κ3) is 4.55. The van der Waals surface area contributed by atoms with Crippen molar-refractivity contribution in [2.24, 2.45) is 0 Å². The van der Waals surface area contributed by atoms with Crippen molar-refractivity contribution in [2.75, 3.05) is 11.9 Å². The van der Waals surface area contributed by atoms with Gasteiger partial charge in [-0.3, -0.25) is 19.3 Å². The Morgan fingerprint density at radius 2 is 1.93 bits per heavy atom. The third-order valence-electron chi connectivity index (χ3n) is 4.09. The zero-order valence-corrected chi connectivity index (χ0v) is 16.5. The van der Waals surface area contributed by atoms with E-state index in [1.165, 1.54) is 18.2 Å². The van der Waals surface area contributed by atoms with E-state index >= 15 is 0 Å². The lowest BCUT2D eigenvalue weighted by Gasteiger charge is -2.12. The molecule has 0 aromatic heterocycles. The summed E-state index contributed by atoms with van der Waals surface area (Å²) in [6.45, 7) is 1.67. The number of thioether (sulfide) groups is 1. The molecule has 6 nitrogen and oxygen atoms in total. The van der Waals surface area contributed by atoms with Crippen LogP contribution in [-0.4, -0.2) is 33.6 Å². The average Bonchev–Trinajstić information content (AvgIpc) is 2.92. The molecule has 3 amide bonds. The molecule has 8 heteroatoms. The van der Waals surface area contributed by atoms with Gasteiger partial charge in [0.15, 0.2) is 0 Å². The Bertz CT molecular complexity index is 973. The zero-order chi connectivity index (χ0) is 20.3. The zero-order valence-electron chi connectivity index (χ0n) is 14.9. The summed E-state index contributed by atoms with van der Waals surface area (Å²) in [5.41, 5.74) is 2.31. The van der Waals surface area contributed by atoms with Gasteiger partial charge in [-0.15, -0.1) is 0 Å². The van der Waals surface area contributed by atoms with Crippen molar-refractivity contribution in [2.45, 2.75) is 13.3 Å². The Morgan fingerprint density at radius 3 is 2.57 bits per heavy atom. The molecule has 1 heterocycles. The number of aryl methyl sites for hydroxylation is 1. The number of hydrogen-bond acceptors (Lipinski definition) is 5. The molecular formula is C20H17ClN2O4S. The molecule has 0 atom stereocenters. The maximum atomic E-state index is 12.5. The van der Waals surface area contributed by atoms with E-state index in [1.54, 1.807) is 18.2 Å². The molecule has 0 bridgehead atoms. The quantitative estimate of drug-likeness (QED) is 0.710. The highest BCUT2D eigenvalue weighted by Crippen LogP contribution is 2.33. The first-order valence-electron chi connectivity index (χ1n) is 8.50. The Balaban J connectivity index is 1.68. The van der Waals surface area contributed by atoms with E-state index < -0.39 is 17.1 Å². The number of nitrogens with zero attached hydrogens (tertiary/aromatic N) is 1. The van der Waals surface area contributed by atoms with Gasteiger partial charge in [0.25, 0.3) is 11.1 Å². The lowest BCUT2D eigenvalue weighted by Crippen LogP contribution is -2.36. The number of phenols is 1. The minimum Gasteiger partial charge on any atom is -0.506 e. The van der Waals surface area contributed by atoms with E-state index in [4.69, 9.17) is 11.6 Å². The van der Waals surface area contributed by atoms with Gasteiger partial charge < -0.3 is 10.4 Å². The topological polar surface area (TPSA) is 86.7 Å². The minimum absolute atomic E-state index is 0.0736. The van der Waals surface area contributed by atoms with Gasteiger partial charge in [0.05, 0.1) is 9.93 Å². The van der Waals surface area contributed by atoms with Gasteiger partial charge in [-0.1, -0.05) is 36.7 Å². The highest BCUT2D eigenvalue weighted by Gasteiger charge is 2.36. The fourth-order valence-corrected chi connectivity index (χ4v) is 3.60. The van der Waals surface area contributed by atoms with Crippen molar-refractivity contribution in [3.05, 3.63) is 63.5 Å². The fraction of sp³-hybridized carbons (Fsp3) is 0.150. The van der Waals surface area contributed by atoms with Gasteiger partial charge in [-0.05, 0) is 59.7 Å². The molecule has 3 rings (SSSR count). The number of halogens is 1. The molecule has 0 radical (unpaired) electrons. The van der Waals surface area contributed by atoms with Crippen LogP contribution in [0.5, 0.6) is 5.75 Å². The molecule has 1 saturated heterocycles. The number of amides is 3. The Kier molecular flexibility index (Phi) is 6.06. The number of aromatic hydroxyl groups is 1. The standard InChI is InChI=1S/C20H17ClN2O4S/c1-2-12-3-6-14(7-4-12)22-18(25)11-23-19(26)17(28-20(23)27)10-13-5-8-16(24)15(21)9-13/h3-10,24H,2,11H2,1H3,(H,22,25)/b17-10+. The Labute approximate surface area is 171 Å². The first kappa shape index (κ1) is 20.0. The summed E-state index contributed by atoms with van der Waals surface area (Å²) in [7, 11) is 0.